The molecule has 78 valence electrons. The third kappa shape index (κ3) is 511. The van der Waals surface area contributed by atoms with Crippen molar-refractivity contribution in [1.29, 1.82) is 31.6 Å². The smallest absolute Gasteiger partial charge is 1.00 e. The van der Waals surface area contributed by atoms with Crippen LogP contribution in [-0.4, -0.2) is 0 Å². The van der Waals surface area contributed by atoms with E-state index in [9.17, 15) is 0 Å². The van der Waals surface area contributed by atoms with Crippen molar-refractivity contribution in [2.45, 2.75) is 0 Å². The molecular weight excluding hydrogens is 388 g/mol. The van der Waals surface area contributed by atoms with Gasteiger partial charge in [-0.05, 0) is 0 Å². The van der Waals surface area contributed by atoms with Crippen molar-refractivity contribution in [2.75, 3.05) is 0 Å². The Morgan fingerprint density at radius 3 is 0.444 bits per heavy atom. The Labute approximate surface area is 282 Å². The first-order chi connectivity index (χ1) is 6.00. The molecule has 12 heteroatoms. The molecule has 0 heterocycles. The summed E-state index contributed by atoms with van der Waals surface area (Å²) >= 11 is 0. The van der Waals surface area contributed by atoms with Crippen molar-refractivity contribution in [3.05, 3.63) is 39.4 Å². The Balaban J connectivity index is -0.00000000129. The molecule has 0 aliphatic heterocycles. The first kappa shape index (κ1) is 99.1. The van der Waals surface area contributed by atoms with Gasteiger partial charge in [-0.1, -0.05) is 0 Å². The summed E-state index contributed by atoms with van der Waals surface area (Å²) < 4.78 is 0. The summed E-state index contributed by atoms with van der Waals surface area (Å²) in [6.07, 6.45) is 0. The van der Waals surface area contributed by atoms with Crippen LogP contribution in [-0.2, 0) is 17.1 Å². The van der Waals surface area contributed by atoms with Gasteiger partial charge in [0.2, 0.25) is 0 Å². The Morgan fingerprint density at radius 2 is 0.444 bits per heavy atom. The Bertz CT molecular complexity index is 129. The number of rotatable bonds is 0. The van der Waals surface area contributed by atoms with E-state index in [4.69, 9.17) is 71.0 Å². The summed E-state index contributed by atoms with van der Waals surface area (Å²) in [4.78, 5) is 0. The van der Waals surface area contributed by atoms with Crippen LogP contribution in [0.15, 0.2) is 0 Å². The summed E-state index contributed by atoms with van der Waals surface area (Å²) in [5, 5.41) is 37.5. The fraction of sp³-hybridized carbons (Fsp3) is 0. The van der Waals surface area contributed by atoms with Gasteiger partial charge >= 0.3 is 201 Å². The standard InChI is InChI=1S/6CN.ClH.Fe.3K.Na.4H/c6*1-2;;;;;;;;;;/h;;;;;;1H;;;;;;;;;/q6*-1;;+6;4*+1;4*-1. The fourth-order valence-electron chi connectivity index (χ4n) is 0. The third-order valence-electron chi connectivity index (χ3n) is 0. The predicted octanol–water partition coefficient (Wildman–Crippen LogP) is -10.5. The molecule has 0 aliphatic carbocycles. The van der Waals surface area contributed by atoms with Crippen LogP contribution in [0.2, 0.25) is 0 Å². The zero-order valence-corrected chi connectivity index (χ0v) is 23.7. The van der Waals surface area contributed by atoms with Crippen molar-refractivity contribution in [1.82, 2.24) is 0 Å². The number of hydrogen-bond acceptors (Lipinski definition) is 6. The summed E-state index contributed by atoms with van der Waals surface area (Å²) in [5.41, 5.74) is 0. The molecule has 0 bridgehead atoms. The van der Waals surface area contributed by atoms with E-state index in [0.29, 0.717) is 0 Å². The van der Waals surface area contributed by atoms with E-state index in [1.54, 1.807) is 0 Å². The average molecular weight is 393 g/mol. The summed E-state index contributed by atoms with van der Waals surface area (Å²) in [5.74, 6) is 0. The zero-order chi connectivity index (χ0) is 12.0. The van der Waals surface area contributed by atoms with Gasteiger partial charge in [0.15, 0.2) is 0 Å². The first-order valence-electron chi connectivity index (χ1n) is 1.34. The average Bonchev–Trinajstić information content (AvgIpc) is 2.33. The largest absolute Gasteiger partial charge is 6.00 e. The van der Waals surface area contributed by atoms with Crippen LogP contribution in [0, 0.1) is 71.0 Å². The Morgan fingerprint density at radius 1 is 0.444 bits per heavy atom. The van der Waals surface area contributed by atoms with Crippen LogP contribution in [0.25, 0.3) is 0 Å². The van der Waals surface area contributed by atoms with Crippen LogP contribution in [0.1, 0.15) is 5.71 Å². The maximum Gasteiger partial charge on any atom is 6.00 e. The SMILES string of the molecule is Cl.[C-]#N.[C-]#N.[C-]#N.[C-]#N.[C-]#N.[C-]#N.[Fe+6].[H-].[H-].[H-].[H-].[K+].[K+].[K+].[Na+]. The molecule has 0 aromatic rings. The molecule has 0 fully saturated rings. The maximum atomic E-state index is 6.25. The molecule has 0 N–H and O–H groups in total. The second-order valence-corrected chi connectivity index (χ2v) is 0. The minimum atomic E-state index is 0. The summed E-state index contributed by atoms with van der Waals surface area (Å²) in [7, 11) is 0. The van der Waals surface area contributed by atoms with Crippen LogP contribution in [0.5, 0.6) is 0 Å². The van der Waals surface area contributed by atoms with Crippen LogP contribution in [0.3, 0.4) is 0 Å². The molecule has 0 saturated carbocycles. The number of hydrogen-bond donors (Lipinski definition) is 0. The van der Waals surface area contributed by atoms with Gasteiger partial charge in [-0.25, -0.2) is 0 Å². The molecule has 0 saturated heterocycles. The fourth-order valence-corrected chi connectivity index (χ4v) is 0. The van der Waals surface area contributed by atoms with Gasteiger partial charge in [0, 0.05) is 0 Å². The van der Waals surface area contributed by atoms with E-state index >= 15 is 0 Å². The normalized spacial score (nSPS) is 0.667. The molecule has 0 radical (unpaired) electrons. The number of halogens is 1. The molecule has 0 unspecified atom stereocenters. The van der Waals surface area contributed by atoms with Gasteiger partial charge in [-0.2, -0.15) is 0 Å². The number of nitrogens with zero attached hydrogens (tertiary/aromatic N) is 6. The van der Waals surface area contributed by atoms with Gasteiger partial charge in [0.25, 0.3) is 0 Å². The van der Waals surface area contributed by atoms with Crippen molar-refractivity contribution < 1.29 is 206 Å². The van der Waals surface area contributed by atoms with Crippen LogP contribution >= 0.6 is 12.4 Å². The first-order valence-corrected chi connectivity index (χ1v) is 1.34. The quantitative estimate of drug-likeness (QED) is 0.296. The predicted molar refractivity (Wildman–Crippen MR) is 41.5 cm³/mol. The topological polar surface area (TPSA) is 143 Å². The molecule has 0 aliphatic rings. The molecule has 0 aromatic carbocycles. The minimum absolute atomic E-state index is 0. The second kappa shape index (κ2) is 596. The van der Waals surface area contributed by atoms with E-state index < -0.39 is 0 Å². The molecule has 18 heavy (non-hydrogen) atoms. The van der Waals surface area contributed by atoms with E-state index in [0.717, 1.165) is 0 Å². The molecule has 0 aromatic heterocycles. The Hall–Kier alpha value is 3.66. The molecule has 0 atom stereocenters. The van der Waals surface area contributed by atoms with Crippen molar-refractivity contribution in [2.24, 2.45) is 0 Å². The van der Waals surface area contributed by atoms with Gasteiger partial charge in [-0.15, -0.1) is 12.4 Å². The van der Waals surface area contributed by atoms with Gasteiger partial charge in [-0.3, -0.25) is 0 Å². The monoisotopic (exact) mass is 392 g/mol. The van der Waals surface area contributed by atoms with Crippen molar-refractivity contribution >= 4 is 12.4 Å². The molecular formula is C6H5ClFeK3N6Na. The summed E-state index contributed by atoms with van der Waals surface area (Å²) in [6.45, 7) is 28.5. The Kier molecular flexibility index (Phi) is 3280. The van der Waals surface area contributed by atoms with Crippen molar-refractivity contribution in [3.8, 4) is 0 Å². The van der Waals surface area contributed by atoms with Crippen LogP contribution < -0.4 is 184 Å². The summed E-state index contributed by atoms with van der Waals surface area (Å²) in [6, 6.07) is 0. The molecule has 0 rings (SSSR count). The zero-order valence-electron chi connectivity index (χ0n) is 14.4. The molecule has 0 spiro atoms. The van der Waals surface area contributed by atoms with E-state index in [1.165, 1.54) is 0 Å². The van der Waals surface area contributed by atoms with Gasteiger partial charge < -0.3 is 76.7 Å². The van der Waals surface area contributed by atoms with Gasteiger partial charge in [0.1, 0.15) is 0 Å². The van der Waals surface area contributed by atoms with E-state index in [2.05, 4.69) is 0 Å². The molecule has 0 amide bonds. The van der Waals surface area contributed by atoms with Crippen LogP contribution in [0.4, 0.5) is 0 Å². The molecule has 6 nitrogen and oxygen atoms in total. The van der Waals surface area contributed by atoms with Gasteiger partial charge in [0.05, 0.1) is 0 Å². The third-order valence-corrected chi connectivity index (χ3v) is 0. The van der Waals surface area contributed by atoms with E-state index in [1.807, 2.05) is 0 Å². The maximum absolute atomic E-state index is 6.25. The van der Waals surface area contributed by atoms with Crippen molar-refractivity contribution in [3.63, 3.8) is 0 Å². The second-order valence-electron chi connectivity index (χ2n) is 0. The minimum Gasteiger partial charge on any atom is -1.00 e. The van der Waals surface area contributed by atoms with E-state index in [-0.39, 0.29) is 219 Å².